The van der Waals surface area contributed by atoms with Crippen LogP contribution >= 0.6 is 0 Å². The van der Waals surface area contributed by atoms with E-state index in [1.807, 2.05) is 12.1 Å². The molecule has 1 saturated heterocycles. The summed E-state index contributed by atoms with van der Waals surface area (Å²) in [5.74, 6) is 1.63. The van der Waals surface area contributed by atoms with Crippen molar-refractivity contribution < 1.29 is 14.6 Å². The van der Waals surface area contributed by atoms with Gasteiger partial charge in [-0.15, -0.1) is 0 Å². The van der Waals surface area contributed by atoms with Gasteiger partial charge in [-0.1, -0.05) is 6.07 Å². The van der Waals surface area contributed by atoms with Crippen LogP contribution in [0.1, 0.15) is 18.0 Å². The fourth-order valence-corrected chi connectivity index (χ4v) is 2.80. The predicted molar refractivity (Wildman–Crippen MR) is 71.5 cm³/mol. The molecule has 0 unspecified atom stereocenters. The average molecular weight is 264 g/mol. The fraction of sp³-hybridized carbons (Fsp3) is 0.571. The summed E-state index contributed by atoms with van der Waals surface area (Å²) < 4.78 is 10.8. The number of hydrogen-bond acceptors (Lipinski definition) is 5. The molecule has 0 aliphatic carbocycles. The van der Waals surface area contributed by atoms with Crippen LogP contribution in [0.3, 0.4) is 0 Å². The topological polar surface area (TPSA) is 54.0 Å². The van der Waals surface area contributed by atoms with E-state index in [0.717, 1.165) is 44.1 Å². The maximum atomic E-state index is 9.32. The maximum absolute atomic E-state index is 9.32. The molecule has 1 atom stereocenters. The van der Waals surface area contributed by atoms with Crippen LogP contribution < -0.4 is 14.8 Å². The van der Waals surface area contributed by atoms with E-state index in [0.29, 0.717) is 6.79 Å². The highest BCUT2D eigenvalue weighted by molar-refractivity contribution is 5.45. The van der Waals surface area contributed by atoms with Gasteiger partial charge in [0.15, 0.2) is 11.5 Å². The Morgan fingerprint density at radius 2 is 2.00 bits per heavy atom. The van der Waals surface area contributed by atoms with Crippen LogP contribution in [-0.4, -0.2) is 49.6 Å². The summed E-state index contributed by atoms with van der Waals surface area (Å²) in [6.07, 6.45) is 0.750. The molecular formula is C14H20N2O3. The summed E-state index contributed by atoms with van der Waals surface area (Å²) in [6, 6.07) is 6.34. The lowest BCUT2D eigenvalue weighted by Crippen LogP contribution is -2.45. The maximum Gasteiger partial charge on any atom is 0.231 e. The van der Waals surface area contributed by atoms with Crippen LogP contribution in [0.2, 0.25) is 0 Å². The first-order chi connectivity index (χ1) is 9.38. The van der Waals surface area contributed by atoms with Gasteiger partial charge in [0.2, 0.25) is 6.79 Å². The average Bonchev–Trinajstić information content (AvgIpc) is 2.93. The van der Waals surface area contributed by atoms with Gasteiger partial charge in [0, 0.05) is 38.8 Å². The molecule has 5 nitrogen and oxygen atoms in total. The first-order valence-electron chi connectivity index (χ1n) is 6.83. The van der Waals surface area contributed by atoms with Crippen LogP contribution in [-0.2, 0) is 0 Å². The normalized spacial score (nSPS) is 20.5. The zero-order valence-electron chi connectivity index (χ0n) is 11.0. The zero-order chi connectivity index (χ0) is 13.1. The molecule has 2 aliphatic heterocycles. The lowest BCUT2D eigenvalue weighted by Gasteiger charge is -2.35. The molecule has 1 fully saturated rings. The van der Waals surface area contributed by atoms with Crippen molar-refractivity contribution in [2.45, 2.75) is 12.5 Å². The first kappa shape index (κ1) is 12.7. The van der Waals surface area contributed by atoms with Crippen LogP contribution in [0.5, 0.6) is 11.5 Å². The van der Waals surface area contributed by atoms with Gasteiger partial charge in [0.05, 0.1) is 0 Å². The number of fused-ring (bicyclic) bond motifs is 1. The van der Waals surface area contributed by atoms with E-state index in [4.69, 9.17) is 9.47 Å². The minimum absolute atomic E-state index is 0.197. The number of ether oxygens (including phenoxy) is 2. The van der Waals surface area contributed by atoms with Gasteiger partial charge in [-0.3, -0.25) is 4.90 Å². The third-order valence-corrected chi connectivity index (χ3v) is 3.78. The first-order valence-corrected chi connectivity index (χ1v) is 6.83. The van der Waals surface area contributed by atoms with E-state index in [1.165, 1.54) is 5.56 Å². The zero-order valence-corrected chi connectivity index (χ0v) is 11.0. The summed E-state index contributed by atoms with van der Waals surface area (Å²) in [5, 5.41) is 12.7. The number of nitrogens with one attached hydrogen (secondary N) is 1. The van der Waals surface area contributed by atoms with E-state index < -0.39 is 0 Å². The molecule has 2 aliphatic rings. The Morgan fingerprint density at radius 1 is 1.21 bits per heavy atom. The fourth-order valence-electron chi connectivity index (χ4n) is 2.80. The molecular weight excluding hydrogens is 244 g/mol. The quantitative estimate of drug-likeness (QED) is 0.840. The third-order valence-electron chi connectivity index (χ3n) is 3.78. The second kappa shape index (κ2) is 5.77. The number of aliphatic hydroxyl groups excluding tert-OH is 1. The Kier molecular flexibility index (Phi) is 3.87. The summed E-state index contributed by atoms with van der Waals surface area (Å²) in [7, 11) is 0. The highest BCUT2D eigenvalue weighted by Gasteiger charge is 2.24. The van der Waals surface area contributed by atoms with Crippen molar-refractivity contribution in [2.24, 2.45) is 0 Å². The van der Waals surface area contributed by atoms with Gasteiger partial charge < -0.3 is 19.9 Å². The smallest absolute Gasteiger partial charge is 0.231 e. The number of benzene rings is 1. The Hall–Kier alpha value is -1.30. The van der Waals surface area contributed by atoms with Crippen molar-refractivity contribution in [1.82, 2.24) is 10.2 Å². The standard InChI is InChI=1S/C14H20N2O3/c17-8-3-12(16-6-4-15-5-7-16)11-1-2-13-14(9-11)19-10-18-13/h1-2,9,12,15,17H,3-8,10H2/t12-/m1/s1. The number of aliphatic hydroxyl groups is 1. The van der Waals surface area contributed by atoms with Crippen LogP contribution in [0.4, 0.5) is 0 Å². The van der Waals surface area contributed by atoms with Crippen molar-refractivity contribution >= 4 is 0 Å². The SMILES string of the molecule is OCC[C@H](c1ccc2c(c1)OCO2)N1CCNCC1. The molecule has 19 heavy (non-hydrogen) atoms. The molecule has 0 radical (unpaired) electrons. The highest BCUT2D eigenvalue weighted by Crippen LogP contribution is 2.36. The third kappa shape index (κ3) is 2.68. The Labute approximate surface area is 113 Å². The number of rotatable bonds is 4. The van der Waals surface area contributed by atoms with Crippen molar-refractivity contribution in [1.29, 1.82) is 0 Å². The molecule has 0 bridgehead atoms. The lowest BCUT2D eigenvalue weighted by molar-refractivity contribution is 0.141. The second-order valence-corrected chi connectivity index (χ2v) is 4.93. The van der Waals surface area contributed by atoms with Crippen LogP contribution in [0.25, 0.3) is 0 Å². The molecule has 1 aromatic carbocycles. The Bertz CT molecular complexity index is 433. The summed E-state index contributed by atoms with van der Waals surface area (Å²) in [6.45, 7) is 4.54. The van der Waals surface area contributed by atoms with Gasteiger partial charge in [0.1, 0.15) is 0 Å². The highest BCUT2D eigenvalue weighted by atomic mass is 16.7. The lowest BCUT2D eigenvalue weighted by atomic mass is 10.0. The Balaban J connectivity index is 1.82. The molecule has 0 aromatic heterocycles. The van der Waals surface area contributed by atoms with E-state index >= 15 is 0 Å². The summed E-state index contributed by atoms with van der Waals surface area (Å²) in [4.78, 5) is 2.42. The molecule has 104 valence electrons. The van der Waals surface area contributed by atoms with Crippen molar-refractivity contribution in [3.63, 3.8) is 0 Å². The summed E-state index contributed by atoms with van der Waals surface area (Å²) in [5.41, 5.74) is 1.19. The number of nitrogens with zero attached hydrogens (tertiary/aromatic N) is 1. The van der Waals surface area contributed by atoms with Crippen LogP contribution in [0.15, 0.2) is 18.2 Å². The number of hydrogen-bond donors (Lipinski definition) is 2. The van der Waals surface area contributed by atoms with E-state index in [-0.39, 0.29) is 12.6 Å². The minimum atomic E-state index is 0.197. The predicted octanol–water partition coefficient (Wildman–Crippen LogP) is 0.744. The molecule has 2 N–H and O–H groups in total. The van der Waals surface area contributed by atoms with E-state index in [1.54, 1.807) is 0 Å². The van der Waals surface area contributed by atoms with Crippen molar-refractivity contribution in [3.05, 3.63) is 23.8 Å². The van der Waals surface area contributed by atoms with Crippen LogP contribution in [0, 0.1) is 0 Å². The minimum Gasteiger partial charge on any atom is -0.454 e. The van der Waals surface area contributed by atoms with Gasteiger partial charge >= 0.3 is 0 Å². The van der Waals surface area contributed by atoms with Crippen molar-refractivity contribution in [3.8, 4) is 11.5 Å². The Morgan fingerprint density at radius 3 is 2.79 bits per heavy atom. The van der Waals surface area contributed by atoms with Gasteiger partial charge in [-0.25, -0.2) is 0 Å². The molecule has 3 rings (SSSR count). The van der Waals surface area contributed by atoms with E-state index in [2.05, 4.69) is 16.3 Å². The molecule has 5 heteroatoms. The largest absolute Gasteiger partial charge is 0.454 e. The van der Waals surface area contributed by atoms with Gasteiger partial charge in [-0.05, 0) is 24.1 Å². The van der Waals surface area contributed by atoms with E-state index in [9.17, 15) is 5.11 Å². The molecule has 2 heterocycles. The number of piperazine rings is 1. The molecule has 0 saturated carbocycles. The van der Waals surface area contributed by atoms with Gasteiger partial charge in [0.25, 0.3) is 0 Å². The molecule has 0 spiro atoms. The molecule has 0 amide bonds. The second-order valence-electron chi connectivity index (χ2n) is 4.93. The molecule has 1 aromatic rings. The van der Waals surface area contributed by atoms with Gasteiger partial charge in [-0.2, -0.15) is 0 Å². The monoisotopic (exact) mass is 264 g/mol. The van der Waals surface area contributed by atoms with Crippen molar-refractivity contribution in [2.75, 3.05) is 39.6 Å². The summed E-state index contributed by atoms with van der Waals surface area (Å²) >= 11 is 0.